The van der Waals surface area contributed by atoms with E-state index in [-0.39, 0.29) is 13.3 Å². The second-order valence-electron chi connectivity index (χ2n) is 9.89. The summed E-state index contributed by atoms with van der Waals surface area (Å²) in [6.45, 7) is 5.44. The first-order chi connectivity index (χ1) is 16.4. The van der Waals surface area contributed by atoms with Gasteiger partial charge >= 0.3 is 42.0 Å². The molecule has 0 amide bonds. The zero-order chi connectivity index (χ0) is 29.4. The van der Waals surface area contributed by atoms with Gasteiger partial charge in [0.05, 0.1) is 5.41 Å². The average molecular weight is 560 g/mol. The number of halogens is 9. The Hall–Kier alpha value is -2.22. The van der Waals surface area contributed by atoms with Gasteiger partial charge in [-0.3, -0.25) is 14.4 Å². The van der Waals surface area contributed by atoms with Gasteiger partial charge in [-0.1, -0.05) is 6.92 Å². The highest BCUT2D eigenvalue weighted by molar-refractivity contribution is 5.76. The molecule has 0 aromatic rings. The van der Waals surface area contributed by atoms with Crippen LogP contribution in [0.4, 0.5) is 39.5 Å². The largest absolute Gasteiger partial charge is 0.462 e. The summed E-state index contributed by atoms with van der Waals surface area (Å²) in [5.41, 5.74) is -10.0. The van der Waals surface area contributed by atoms with Gasteiger partial charge in [-0.25, -0.2) is 0 Å². The van der Waals surface area contributed by atoms with E-state index in [0.717, 1.165) is 0 Å². The molecule has 37 heavy (non-hydrogen) atoms. The van der Waals surface area contributed by atoms with E-state index in [0.29, 0.717) is 13.8 Å². The van der Waals surface area contributed by atoms with E-state index in [1.54, 1.807) is 0 Å². The highest BCUT2D eigenvalue weighted by atomic mass is 19.4. The predicted octanol–water partition coefficient (Wildman–Crippen LogP) is 6.06. The number of carbonyl (C=O) groups excluding carboxylic acids is 3. The van der Waals surface area contributed by atoms with Crippen LogP contribution in [-0.4, -0.2) is 53.7 Å². The molecule has 0 aromatic heterocycles. The molecular formula is C22H29F9O6. The maximum atomic E-state index is 14.1. The van der Waals surface area contributed by atoms with Crippen molar-refractivity contribution in [3.05, 3.63) is 0 Å². The first kappa shape index (κ1) is 32.8. The van der Waals surface area contributed by atoms with Gasteiger partial charge in [-0.2, -0.15) is 39.5 Å². The van der Waals surface area contributed by atoms with Crippen LogP contribution in [0.5, 0.6) is 0 Å². The highest BCUT2D eigenvalue weighted by Crippen LogP contribution is 2.57. The lowest BCUT2D eigenvalue weighted by molar-refractivity contribution is -0.392. The van der Waals surface area contributed by atoms with Crippen molar-refractivity contribution >= 4 is 17.9 Å². The van der Waals surface area contributed by atoms with Crippen LogP contribution in [-0.2, 0) is 28.6 Å². The molecule has 0 radical (unpaired) electrons. The minimum Gasteiger partial charge on any atom is -0.462 e. The average Bonchev–Trinajstić information content (AvgIpc) is 2.68. The lowest BCUT2D eigenvalue weighted by Crippen LogP contribution is -2.66. The number of rotatable bonds is 7. The molecule has 15 heteroatoms. The molecule has 0 aromatic carbocycles. The Bertz CT molecular complexity index is 848. The zero-order valence-electron chi connectivity index (χ0n) is 20.9. The normalized spacial score (nSPS) is 23.6. The fourth-order valence-corrected chi connectivity index (χ4v) is 4.32. The van der Waals surface area contributed by atoms with Crippen LogP contribution in [0.2, 0.25) is 0 Å². The van der Waals surface area contributed by atoms with Crippen LogP contribution in [0.3, 0.4) is 0 Å². The summed E-state index contributed by atoms with van der Waals surface area (Å²) in [6, 6.07) is 0. The van der Waals surface area contributed by atoms with Gasteiger partial charge in [0.25, 0.3) is 0 Å². The number of hydrogen-bond donors (Lipinski definition) is 0. The molecule has 4 unspecified atom stereocenters. The Morgan fingerprint density at radius 3 is 1.49 bits per heavy atom. The van der Waals surface area contributed by atoms with Crippen LogP contribution in [0.1, 0.15) is 67.2 Å². The van der Waals surface area contributed by atoms with Crippen LogP contribution >= 0.6 is 0 Å². The second kappa shape index (κ2) is 10.5. The topological polar surface area (TPSA) is 78.9 Å². The third-order valence-electron chi connectivity index (χ3n) is 6.79. The number of esters is 3. The van der Waals surface area contributed by atoms with Crippen molar-refractivity contribution in [2.75, 3.05) is 0 Å². The molecule has 0 N–H and O–H groups in total. The van der Waals surface area contributed by atoms with Crippen LogP contribution < -0.4 is 0 Å². The zero-order valence-corrected chi connectivity index (χ0v) is 20.9. The predicted molar refractivity (Wildman–Crippen MR) is 108 cm³/mol. The monoisotopic (exact) mass is 560 g/mol. The SMILES string of the molecule is CCC(C)(C)C(=O)OC1CC(C(C)(OC(C)=O)C(F)(F)F)CC(C(OC(C)=O)(C(F)(F)F)C(F)(F)F)C1. The molecule has 0 heterocycles. The molecule has 0 bridgehead atoms. The van der Waals surface area contributed by atoms with Crippen LogP contribution in [0, 0.1) is 17.3 Å². The van der Waals surface area contributed by atoms with E-state index < -0.39 is 90.3 Å². The van der Waals surface area contributed by atoms with Crippen molar-refractivity contribution in [1.82, 2.24) is 0 Å². The van der Waals surface area contributed by atoms with Crippen LogP contribution in [0.15, 0.2) is 0 Å². The molecule has 6 nitrogen and oxygen atoms in total. The summed E-state index contributed by atoms with van der Waals surface area (Å²) in [6.07, 6.45) is -23.4. The van der Waals surface area contributed by atoms with Crippen LogP contribution in [0.25, 0.3) is 0 Å². The maximum Gasteiger partial charge on any atom is 0.437 e. The lowest BCUT2D eigenvalue weighted by Gasteiger charge is -2.49. The van der Waals surface area contributed by atoms with E-state index in [1.807, 2.05) is 0 Å². The molecule has 1 aliphatic rings. The van der Waals surface area contributed by atoms with Crippen molar-refractivity contribution in [2.45, 2.75) is 103 Å². The quantitative estimate of drug-likeness (QED) is 0.214. The molecule has 1 aliphatic carbocycles. The number of alkyl halides is 9. The van der Waals surface area contributed by atoms with Gasteiger partial charge in [0.15, 0.2) is 0 Å². The van der Waals surface area contributed by atoms with Gasteiger partial charge in [-0.05, 0) is 46.5 Å². The molecule has 1 saturated carbocycles. The maximum absolute atomic E-state index is 14.1. The summed E-state index contributed by atoms with van der Waals surface area (Å²) in [4.78, 5) is 35.5. The van der Waals surface area contributed by atoms with E-state index >= 15 is 0 Å². The second-order valence-corrected chi connectivity index (χ2v) is 9.89. The Labute approximate surface area is 207 Å². The minimum absolute atomic E-state index is 0.127. The van der Waals surface area contributed by atoms with Gasteiger partial charge in [0, 0.05) is 25.7 Å². The van der Waals surface area contributed by atoms with Crippen molar-refractivity contribution in [3.63, 3.8) is 0 Å². The third kappa shape index (κ3) is 6.62. The van der Waals surface area contributed by atoms with E-state index in [1.165, 1.54) is 20.8 Å². The first-order valence-electron chi connectivity index (χ1n) is 11.2. The fraction of sp³-hybridized carbons (Fsp3) is 0.864. The van der Waals surface area contributed by atoms with Crippen molar-refractivity contribution in [2.24, 2.45) is 17.3 Å². The molecule has 4 atom stereocenters. The fourth-order valence-electron chi connectivity index (χ4n) is 4.32. The molecule has 0 aliphatic heterocycles. The smallest absolute Gasteiger partial charge is 0.437 e. The number of carbonyl (C=O) groups is 3. The molecule has 0 saturated heterocycles. The van der Waals surface area contributed by atoms with Gasteiger partial charge < -0.3 is 14.2 Å². The summed E-state index contributed by atoms with van der Waals surface area (Å²) in [5.74, 6) is -9.68. The summed E-state index contributed by atoms with van der Waals surface area (Å²) in [5, 5.41) is 0. The van der Waals surface area contributed by atoms with Gasteiger partial charge in [-0.15, -0.1) is 0 Å². The molecule has 1 rings (SSSR count). The lowest BCUT2D eigenvalue weighted by atomic mass is 9.66. The summed E-state index contributed by atoms with van der Waals surface area (Å²) < 4.78 is 140. The number of ether oxygens (including phenoxy) is 3. The Morgan fingerprint density at radius 2 is 1.14 bits per heavy atom. The first-order valence-corrected chi connectivity index (χ1v) is 11.2. The Kier molecular flexibility index (Phi) is 9.32. The standard InChI is InChI=1S/C22H29F9O6/c1-7-17(4,5)16(34)35-15-9-13(18(6,20(23,24)25)36-11(2)32)8-14(10-15)19(21(26,27)28,22(29,30)31)37-12(3)33/h13-15H,7-10H2,1-6H3. The summed E-state index contributed by atoms with van der Waals surface area (Å²) in [7, 11) is 0. The molecule has 0 spiro atoms. The van der Waals surface area contributed by atoms with Gasteiger partial charge in [0.2, 0.25) is 5.60 Å². The minimum atomic E-state index is -6.32. The highest BCUT2D eigenvalue weighted by Gasteiger charge is 2.78. The van der Waals surface area contributed by atoms with Crippen molar-refractivity contribution in [3.8, 4) is 0 Å². The molecule has 216 valence electrons. The molecule has 1 fully saturated rings. The van der Waals surface area contributed by atoms with Crippen molar-refractivity contribution in [1.29, 1.82) is 0 Å². The van der Waals surface area contributed by atoms with E-state index in [4.69, 9.17) is 4.74 Å². The Morgan fingerprint density at radius 1 is 0.703 bits per heavy atom. The van der Waals surface area contributed by atoms with Crippen molar-refractivity contribution < 1.29 is 68.1 Å². The van der Waals surface area contributed by atoms with E-state index in [2.05, 4.69) is 9.47 Å². The third-order valence-corrected chi connectivity index (χ3v) is 6.79. The Balaban J connectivity index is 3.83. The van der Waals surface area contributed by atoms with Gasteiger partial charge in [0.1, 0.15) is 6.10 Å². The number of hydrogen-bond acceptors (Lipinski definition) is 6. The van der Waals surface area contributed by atoms with E-state index in [9.17, 15) is 53.9 Å². The molecular weight excluding hydrogens is 531 g/mol. The summed E-state index contributed by atoms with van der Waals surface area (Å²) >= 11 is 0.